The number of carbonyl (C=O) groups excluding carboxylic acids is 1. The van der Waals surface area contributed by atoms with Crippen molar-refractivity contribution in [1.29, 1.82) is 0 Å². The van der Waals surface area contributed by atoms with Crippen LogP contribution in [0.2, 0.25) is 0 Å². The number of hydrogen-bond acceptors (Lipinski definition) is 4. The van der Waals surface area contributed by atoms with E-state index in [2.05, 4.69) is 10.0 Å². The van der Waals surface area contributed by atoms with Gasteiger partial charge in [-0.25, -0.2) is 13.1 Å². The minimum Gasteiger partial charge on any atom is -0.350 e. The predicted octanol–water partition coefficient (Wildman–Crippen LogP) is 3.57. The molecule has 0 aliphatic rings. The molecule has 0 aromatic heterocycles. The van der Waals surface area contributed by atoms with Gasteiger partial charge < -0.3 is 5.32 Å². The average molecular weight is 407 g/mol. The van der Waals surface area contributed by atoms with Crippen LogP contribution in [0.4, 0.5) is 0 Å². The largest absolute Gasteiger partial charge is 0.350 e. The summed E-state index contributed by atoms with van der Waals surface area (Å²) in [6, 6.07) is 13.2. The lowest BCUT2D eigenvalue weighted by Gasteiger charge is -2.15. The number of rotatable bonds is 8. The maximum atomic E-state index is 12.4. The molecule has 0 radical (unpaired) electrons. The second-order valence-electron chi connectivity index (χ2n) is 6.48. The van der Waals surface area contributed by atoms with Crippen LogP contribution >= 0.6 is 11.8 Å². The van der Waals surface area contributed by atoms with Gasteiger partial charge in [0.05, 0.1) is 10.9 Å². The van der Waals surface area contributed by atoms with Crippen molar-refractivity contribution < 1.29 is 13.2 Å². The average Bonchev–Trinajstić information content (AvgIpc) is 2.63. The number of benzene rings is 2. The first kappa shape index (κ1) is 21.5. The Balaban J connectivity index is 1.88. The lowest BCUT2D eigenvalue weighted by molar-refractivity contribution is -0.121. The van der Waals surface area contributed by atoms with Crippen LogP contribution in [0, 0.1) is 13.8 Å². The molecule has 1 unspecified atom stereocenters. The molecule has 2 aromatic carbocycles. The van der Waals surface area contributed by atoms with Gasteiger partial charge in [0.1, 0.15) is 0 Å². The first-order valence-electron chi connectivity index (χ1n) is 8.73. The van der Waals surface area contributed by atoms with Crippen molar-refractivity contribution in [3.05, 3.63) is 59.2 Å². The summed E-state index contributed by atoms with van der Waals surface area (Å²) >= 11 is 1.66. The molecule has 2 N–H and O–H groups in total. The zero-order valence-electron chi connectivity index (χ0n) is 16.1. The van der Waals surface area contributed by atoms with E-state index in [1.54, 1.807) is 30.8 Å². The van der Waals surface area contributed by atoms with Crippen molar-refractivity contribution in [3.8, 4) is 0 Å². The third-order valence-electron chi connectivity index (χ3n) is 4.27. The van der Waals surface area contributed by atoms with Crippen LogP contribution < -0.4 is 10.0 Å². The molecule has 7 heteroatoms. The molecule has 1 amide bonds. The van der Waals surface area contributed by atoms with Crippen LogP contribution in [0.15, 0.2) is 52.3 Å². The summed E-state index contributed by atoms with van der Waals surface area (Å²) < 4.78 is 27.4. The summed E-state index contributed by atoms with van der Waals surface area (Å²) in [6.07, 6.45) is 2.09. The van der Waals surface area contributed by atoms with Gasteiger partial charge in [0.2, 0.25) is 15.9 Å². The highest BCUT2D eigenvalue weighted by atomic mass is 32.2. The van der Waals surface area contributed by atoms with E-state index < -0.39 is 10.0 Å². The van der Waals surface area contributed by atoms with Gasteiger partial charge in [-0.15, -0.1) is 11.8 Å². The molecule has 0 heterocycles. The third-order valence-corrected chi connectivity index (χ3v) is 6.62. The van der Waals surface area contributed by atoms with Gasteiger partial charge >= 0.3 is 0 Å². The topological polar surface area (TPSA) is 75.3 Å². The molecule has 0 aliphatic heterocycles. The summed E-state index contributed by atoms with van der Waals surface area (Å²) in [6.45, 7) is 5.57. The molecule has 0 aliphatic carbocycles. The normalized spacial score (nSPS) is 12.6. The van der Waals surface area contributed by atoms with Crippen molar-refractivity contribution in [2.45, 2.75) is 43.0 Å². The highest BCUT2D eigenvalue weighted by Gasteiger charge is 2.17. The summed E-state index contributed by atoms with van der Waals surface area (Å²) in [5, 5.41) is 2.90. The highest BCUT2D eigenvalue weighted by Crippen LogP contribution is 2.19. The standard InChI is InChI=1S/C20H26N2O3S2/c1-14-5-6-15(2)19(13-14)27(24,25)21-12-11-20(23)22-16(3)17-7-9-18(26-4)10-8-17/h5-10,13,16,21H,11-12H2,1-4H3,(H,22,23). The second kappa shape index (κ2) is 9.39. The number of sulfonamides is 1. The van der Waals surface area contributed by atoms with E-state index >= 15 is 0 Å². The summed E-state index contributed by atoms with van der Waals surface area (Å²) in [5.74, 6) is -0.194. The fourth-order valence-electron chi connectivity index (χ4n) is 2.66. The molecule has 2 aromatic rings. The van der Waals surface area contributed by atoms with Crippen LogP contribution in [0.25, 0.3) is 0 Å². The number of nitrogens with one attached hydrogen (secondary N) is 2. The van der Waals surface area contributed by atoms with Crippen molar-refractivity contribution in [1.82, 2.24) is 10.0 Å². The van der Waals surface area contributed by atoms with Gasteiger partial charge in [0.25, 0.3) is 0 Å². The Morgan fingerprint density at radius 1 is 1.11 bits per heavy atom. The zero-order valence-corrected chi connectivity index (χ0v) is 17.7. The lowest BCUT2D eigenvalue weighted by Crippen LogP contribution is -2.32. The maximum Gasteiger partial charge on any atom is 0.240 e. The molecular formula is C20H26N2O3S2. The molecule has 0 spiro atoms. The van der Waals surface area contributed by atoms with Crippen LogP contribution in [-0.4, -0.2) is 27.1 Å². The van der Waals surface area contributed by atoms with Crippen LogP contribution in [0.1, 0.15) is 36.1 Å². The molecule has 0 saturated carbocycles. The monoisotopic (exact) mass is 406 g/mol. The molecule has 5 nitrogen and oxygen atoms in total. The number of hydrogen-bond donors (Lipinski definition) is 2. The van der Waals surface area contributed by atoms with E-state index in [0.717, 1.165) is 16.0 Å². The van der Waals surface area contributed by atoms with Gasteiger partial charge in [-0.2, -0.15) is 0 Å². The second-order valence-corrected chi connectivity index (χ2v) is 9.09. The SMILES string of the molecule is CSc1ccc(C(C)NC(=O)CCNS(=O)(=O)c2cc(C)ccc2C)cc1. The Bertz CT molecular complexity index is 894. The first-order chi connectivity index (χ1) is 12.7. The van der Waals surface area contributed by atoms with Crippen molar-refractivity contribution in [2.24, 2.45) is 0 Å². The number of thioether (sulfide) groups is 1. The van der Waals surface area contributed by atoms with E-state index in [4.69, 9.17) is 0 Å². The molecule has 27 heavy (non-hydrogen) atoms. The van der Waals surface area contributed by atoms with Gasteiger partial charge in [-0.3, -0.25) is 4.79 Å². The maximum absolute atomic E-state index is 12.4. The molecule has 2 rings (SSSR count). The molecule has 146 valence electrons. The Labute approximate surface area is 166 Å². The fraction of sp³-hybridized carbons (Fsp3) is 0.350. The van der Waals surface area contributed by atoms with Gasteiger partial charge in [-0.05, 0) is 61.9 Å². The molecule has 0 fully saturated rings. The number of carbonyl (C=O) groups is 1. The Hall–Kier alpha value is -1.83. The Morgan fingerprint density at radius 3 is 2.41 bits per heavy atom. The predicted molar refractivity (Wildman–Crippen MR) is 111 cm³/mol. The summed E-state index contributed by atoms with van der Waals surface area (Å²) in [7, 11) is -3.63. The molecule has 0 bridgehead atoms. The van der Waals surface area contributed by atoms with Gasteiger partial charge in [-0.1, -0.05) is 24.3 Å². The van der Waals surface area contributed by atoms with Crippen molar-refractivity contribution in [3.63, 3.8) is 0 Å². The van der Waals surface area contributed by atoms with E-state index in [0.29, 0.717) is 5.56 Å². The van der Waals surface area contributed by atoms with E-state index in [1.807, 2.05) is 50.4 Å². The quantitative estimate of drug-likeness (QED) is 0.657. The van der Waals surface area contributed by atoms with Crippen molar-refractivity contribution in [2.75, 3.05) is 12.8 Å². The summed E-state index contributed by atoms with van der Waals surface area (Å²) in [4.78, 5) is 13.6. The van der Waals surface area contributed by atoms with Crippen LogP contribution in [-0.2, 0) is 14.8 Å². The Morgan fingerprint density at radius 2 is 1.78 bits per heavy atom. The van der Waals surface area contributed by atoms with E-state index in [9.17, 15) is 13.2 Å². The van der Waals surface area contributed by atoms with Crippen LogP contribution in [0.3, 0.4) is 0 Å². The summed E-state index contributed by atoms with van der Waals surface area (Å²) in [5.41, 5.74) is 2.57. The smallest absolute Gasteiger partial charge is 0.240 e. The number of amides is 1. The zero-order chi connectivity index (χ0) is 20.0. The Kier molecular flexibility index (Phi) is 7.47. The van der Waals surface area contributed by atoms with Gasteiger partial charge in [0.15, 0.2) is 0 Å². The van der Waals surface area contributed by atoms with E-state index in [-0.39, 0.29) is 29.8 Å². The number of aryl methyl sites for hydroxylation is 2. The minimum absolute atomic E-state index is 0.0552. The third kappa shape index (κ3) is 6.09. The minimum atomic E-state index is -3.63. The fourth-order valence-corrected chi connectivity index (χ4v) is 4.43. The van der Waals surface area contributed by atoms with Gasteiger partial charge in [0, 0.05) is 17.9 Å². The first-order valence-corrected chi connectivity index (χ1v) is 11.4. The van der Waals surface area contributed by atoms with E-state index in [1.165, 1.54) is 0 Å². The van der Waals surface area contributed by atoms with Crippen LogP contribution in [0.5, 0.6) is 0 Å². The lowest BCUT2D eigenvalue weighted by atomic mass is 10.1. The molecule has 1 atom stereocenters. The van der Waals surface area contributed by atoms with Crippen molar-refractivity contribution >= 4 is 27.7 Å². The molecular weight excluding hydrogens is 380 g/mol. The molecule has 0 saturated heterocycles. The highest BCUT2D eigenvalue weighted by molar-refractivity contribution is 7.98.